The zero-order valence-electron chi connectivity index (χ0n) is 18.6. The lowest BCUT2D eigenvalue weighted by Crippen LogP contribution is -2.63. The second-order valence-electron chi connectivity index (χ2n) is 8.32. The number of nitrogens with one attached hydrogen (secondary N) is 1. The minimum absolute atomic E-state index is 0.0280. The van der Waals surface area contributed by atoms with Crippen LogP contribution in [0.4, 0.5) is 0 Å². The molecule has 1 unspecified atom stereocenters. The van der Waals surface area contributed by atoms with Crippen LogP contribution in [-0.4, -0.2) is 53.1 Å². The Morgan fingerprint density at radius 3 is 3.00 bits per heavy atom. The lowest BCUT2D eigenvalue weighted by Gasteiger charge is -2.47. The van der Waals surface area contributed by atoms with Gasteiger partial charge in [0.2, 0.25) is 5.91 Å². The van der Waals surface area contributed by atoms with Gasteiger partial charge >= 0.3 is 5.97 Å². The number of thiazole rings is 1. The molecule has 0 spiro atoms. The third kappa shape index (κ3) is 4.94. The van der Waals surface area contributed by atoms with Crippen LogP contribution in [0.3, 0.4) is 0 Å². The summed E-state index contributed by atoms with van der Waals surface area (Å²) in [7, 11) is 1.22. The van der Waals surface area contributed by atoms with Gasteiger partial charge in [0, 0.05) is 50.0 Å². The molecule has 178 valence electrons. The fourth-order valence-electron chi connectivity index (χ4n) is 4.58. The second-order valence-corrected chi connectivity index (χ2v) is 11.9. The number of rotatable bonds is 9. The SMILES string of the molecule is C=CCOC(=O)C1=C(Sc2nc(C3=CCN[C@@H](C)C3)cs2)[C@H](C)C2[C@@H]([C@@H](C)OSI)C(=O)N12. The van der Waals surface area contributed by atoms with Crippen molar-refractivity contribution in [1.29, 1.82) is 0 Å². The Labute approximate surface area is 218 Å². The van der Waals surface area contributed by atoms with E-state index in [0.29, 0.717) is 11.7 Å². The Bertz CT molecular complexity index is 1010. The van der Waals surface area contributed by atoms with Crippen LogP contribution in [0.25, 0.3) is 5.57 Å². The zero-order valence-corrected chi connectivity index (χ0v) is 23.2. The molecular formula is C22H26IN3O4S3. The summed E-state index contributed by atoms with van der Waals surface area (Å²) in [6.07, 6.45) is 4.39. The van der Waals surface area contributed by atoms with Gasteiger partial charge in [-0.1, -0.05) is 37.4 Å². The summed E-state index contributed by atoms with van der Waals surface area (Å²) >= 11 is 5.08. The highest BCUT2D eigenvalue weighted by atomic mass is 127. The minimum atomic E-state index is -0.498. The van der Waals surface area contributed by atoms with Crippen molar-refractivity contribution in [2.45, 2.75) is 49.7 Å². The molecule has 1 N–H and O–H groups in total. The fraction of sp³-hybridized carbons (Fsp3) is 0.500. The Kier molecular flexibility index (Phi) is 8.27. The number of nitrogens with zero attached hydrogens (tertiary/aromatic N) is 2. The third-order valence-electron chi connectivity index (χ3n) is 6.16. The van der Waals surface area contributed by atoms with E-state index in [-0.39, 0.29) is 36.5 Å². The van der Waals surface area contributed by atoms with Crippen molar-refractivity contribution >= 4 is 71.0 Å². The molecule has 4 rings (SSSR count). The van der Waals surface area contributed by atoms with E-state index in [9.17, 15) is 9.59 Å². The van der Waals surface area contributed by atoms with E-state index in [2.05, 4.69) is 58.4 Å². The fourth-order valence-corrected chi connectivity index (χ4v) is 7.90. The first-order chi connectivity index (χ1) is 15.9. The van der Waals surface area contributed by atoms with Gasteiger partial charge in [-0.25, -0.2) is 9.78 Å². The van der Waals surface area contributed by atoms with Gasteiger partial charge in [0.1, 0.15) is 12.3 Å². The third-order valence-corrected chi connectivity index (χ3v) is 9.38. The monoisotopic (exact) mass is 619 g/mol. The minimum Gasteiger partial charge on any atom is -0.457 e. The quantitative estimate of drug-likeness (QED) is 0.139. The molecule has 1 aromatic heterocycles. The molecule has 0 radical (unpaired) electrons. The number of halogens is 1. The van der Waals surface area contributed by atoms with E-state index < -0.39 is 5.97 Å². The molecule has 7 nitrogen and oxygen atoms in total. The largest absolute Gasteiger partial charge is 0.457 e. The van der Waals surface area contributed by atoms with Crippen molar-refractivity contribution in [3.63, 3.8) is 0 Å². The van der Waals surface area contributed by atoms with Gasteiger partial charge in [0.15, 0.2) is 4.34 Å². The second kappa shape index (κ2) is 10.8. The molecule has 0 aliphatic carbocycles. The molecule has 5 atom stereocenters. The predicted molar refractivity (Wildman–Crippen MR) is 142 cm³/mol. The Morgan fingerprint density at radius 1 is 1.52 bits per heavy atom. The van der Waals surface area contributed by atoms with Gasteiger partial charge in [-0.05, 0) is 25.8 Å². The Morgan fingerprint density at radius 2 is 2.30 bits per heavy atom. The first-order valence-electron chi connectivity index (χ1n) is 10.7. The smallest absolute Gasteiger partial charge is 0.356 e. The van der Waals surface area contributed by atoms with Crippen molar-refractivity contribution in [1.82, 2.24) is 15.2 Å². The van der Waals surface area contributed by atoms with Gasteiger partial charge in [0.05, 0.1) is 33.0 Å². The van der Waals surface area contributed by atoms with Crippen LogP contribution >= 0.6 is 53.5 Å². The molecule has 1 fully saturated rings. The molecule has 4 heterocycles. The number of amides is 1. The van der Waals surface area contributed by atoms with Gasteiger partial charge in [-0.3, -0.25) is 4.79 Å². The average Bonchev–Trinajstić information content (AvgIpc) is 3.34. The highest BCUT2D eigenvalue weighted by molar-refractivity contribution is 14.2. The van der Waals surface area contributed by atoms with Crippen molar-refractivity contribution in [3.05, 3.63) is 40.4 Å². The number of fused-ring (bicyclic) bond motifs is 1. The van der Waals surface area contributed by atoms with Crippen LogP contribution in [0.2, 0.25) is 0 Å². The normalized spacial score (nSPS) is 27.7. The predicted octanol–water partition coefficient (Wildman–Crippen LogP) is 4.82. The van der Waals surface area contributed by atoms with Crippen molar-refractivity contribution in [2.24, 2.45) is 11.8 Å². The summed E-state index contributed by atoms with van der Waals surface area (Å²) in [6, 6.07) is 0.292. The summed E-state index contributed by atoms with van der Waals surface area (Å²) in [5, 5.41) is 5.48. The number of carbonyl (C=O) groups is 2. The van der Waals surface area contributed by atoms with Crippen LogP contribution in [0.1, 0.15) is 32.9 Å². The lowest BCUT2D eigenvalue weighted by molar-refractivity contribution is -0.162. The molecule has 0 bridgehead atoms. The Balaban J connectivity index is 1.61. The van der Waals surface area contributed by atoms with E-state index in [4.69, 9.17) is 13.9 Å². The van der Waals surface area contributed by atoms with Crippen molar-refractivity contribution in [3.8, 4) is 0 Å². The van der Waals surface area contributed by atoms with Gasteiger partial charge in [-0.2, -0.15) is 0 Å². The molecule has 33 heavy (non-hydrogen) atoms. The topological polar surface area (TPSA) is 80.8 Å². The van der Waals surface area contributed by atoms with Crippen LogP contribution in [-0.2, 0) is 18.5 Å². The molecule has 1 aromatic rings. The zero-order chi connectivity index (χ0) is 23.7. The molecule has 3 aliphatic rings. The summed E-state index contributed by atoms with van der Waals surface area (Å²) < 4.78 is 11.9. The molecule has 11 heteroatoms. The molecular weight excluding hydrogens is 593 g/mol. The Hall–Kier alpha value is -0.860. The molecule has 1 saturated heterocycles. The number of esters is 1. The number of ether oxygens (including phenoxy) is 1. The van der Waals surface area contributed by atoms with Crippen molar-refractivity contribution in [2.75, 3.05) is 13.2 Å². The van der Waals surface area contributed by atoms with Gasteiger partial charge < -0.3 is 19.1 Å². The standard InChI is InChI=1S/C22H26IN3O4S3/c1-5-8-29-21(28)18-19(12(3)17-16(13(4)30-33-23)20(27)26(17)18)32-22-25-15(10-31-22)14-6-7-24-11(2)9-14/h5-6,10-13,16-17,24H,1,7-9H2,2-4H3/t11-,12+,13+,16+,17?/m0/s1. The summed E-state index contributed by atoms with van der Waals surface area (Å²) in [4.78, 5) is 33.3. The summed E-state index contributed by atoms with van der Waals surface area (Å²) in [5.41, 5.74) is 2.56. The molecule has 0 saturated carbocycles. The number of thioether (sulfide) groups is 1. The number of carbonyl (C=O) groups excluding carboxylic acids is 2. The highest BCUT2D eigenvalue weighted by Gasteiger charge is 2.61. The molecule has 3 aliphatic heterocycles. The van der Waals surface area contributed by atoms with Crippen LogP contribution in [0.15, 0.2) is 39.1 Å². The van der Waals surface area contributed by atoms with Crippen LogP contribution < -0.4 is 5.32 Å². The first-order valence-corrected chi connectivity index (χ1v) is 15.7. The van der Waals surface area contributed by atoms with Gasteiger partial charge in [-0.15, -0.1) is 11.3 Å². The van der Waals surface area contributed by atoms with E-state index in [1.54, 1.807) is 16.2 Å². The average molecular weight is 620 g/mol. The summed E-state index contributed by atoms with van der Waals surface area (Å²) in [6.45, 7) is 10.7. The van der Waals surface area contributed by atoms with E-state index in [1.807, 2.05) is 6.92 Å². The summed E-state index contributed by atoms with van der Waals surface area (Å²) in [5.74, 6) is -0.919. The number of β-lactam (4-membered cyclic amide) rings is 1. The molecule has 0 aromatic carbocycles. The maximum absolute atomic E-state index is 13.1. The first kappa shape index (κ1) is 25.2. The number of hydrogen-bond donors (Lipinski definition) is 1. The number of hydrogen-bond acceptors (Lipinski definition) is 9. The van der Waals surface area contributed by atoms with Crippen molar-refractivity contribution < 1.29 is 18.5 Å². The van der Waals surface area contributed by atoms with Crippen LogP contribution in [0.5, 0.6) is 0 Å². The van der Waals surface area contributed by atoms with Gasteiger partial charge in [0.25, 0.3) is 0 Å². The number of aromatic nitrogens is 1. The highest BCUT2D eigenvalue weighted by Crippen LogP contribution is 2.53. The van der Waals surface area contributed by atoms with E-state index in [1.165, 1.54) is 32.6 Å². The molecule has 1 amide bonds. The lowest BCUT2D eigenvalue weighted by atomic mass is 9.79. The van der Waals surface area contributed by atoms with E-state index >= 15 is 0 Å². The van der Waals surface area contributed by atoms with E-state index in [0.717, 1.165) is 27.9 Å². The maximum Gasteiger partial charge on any atom is 0.356 e. The van der Waals surface area contributed by atoms with Crippen LogP contribution in [0, 0.1) is 11.8 Å². The maximum atomic E-state index is 13.1.